The Morgan fingerprint density at radius 2 is 1.18 bits per heavy atom. The van der Waals surface area contributed by atoms with E-state index in [-0.39, 0.29) is 12.3 Å². The molecule has 2 unspecified atom stereocenters. The van der Waals surface area contributed by atoms with Crippen molar-refractivity contribution in [2.45, 2.75) is 12.3 Å². The summed E-state index contributed by atoms with van der Waals surface area (Å²) < 4.78 is 9.03. The molecule has 0 radical (unpaired) electrons. The first-order valence-corrected chi connectivity index (χ1v) is 17.8. The van der Waals surface area contributed by atoms with Crippen molar-refractivity contribution in [1.29, 1.82) is 0 Å². The maximum absolute atomic E-state index is 6.52. The molecule has 0 saturated carbocycles. The molecule has 9 aromatic rings. The first-order chi connectivity index (χ1) is 24.8. The normalized spacial score (nSPS) is 16.2. The summed E-state index contributed by atoms with van der Waals surface area (Å²) in [5, 5.41) is 12.2. The van der Waals surface area contributed by atoms with Crippen LogP contribution < -0.4 is 10.6 Å². The SMILES string of the molecule is c1ccc(-c2ccc(C3=NC(c4ccccc4)NC(c4ccc(-c5cc6c7ccccc7oc6c6c5sc5ccccc56)cc4)N3)cc2)cc1. The van der Waals surface area contributed by atoms with E-state index in [9.17, 15) is 0 Å². The third-order valence-corrected chi connectivity index (χ3v) is 11.0. The van der Waals surface area contributed by atoms with Crippen LogP contribution in [0.25, 0.3) is 64.4 Å². The standard InChI is InChI=1S/C45H31N3OS/c1-3-11-28(12-4-1)29-19-23-32(24-20-29)44-46-43(31-13-5-2-6-14-31)47-45(48-44)33-25-21-30(22-26-33)36-27-37-34-15-7-9-17-38(34)49-41(37)40-35-16-8-10-18-39(35)50-42(36)40/h1-27,43,45,47H,(H,46,48). The van der Waals surface area contributed by atoms with Crippen LogP contribution in [-0.2, 0) is 0 Å². The lowest BCUT2D eigenvalue weighted by Crippen LogP contribution is -2.44. The number of fused-ring (bicyclic) bond motifs is 7. The van der Waals surface area contributed by atoms with Gasteiger partial charge in [-0.05, 0) is 46.0 Å². The van der Waals surface area contributed by atoms with E-state index in [1.807, 2.05) is 29.5 Å². The monoisotopic (exact) mass is 661 g/mol. The van der Waals surface area contributed by atoms with Gasteiger partial charge in [-0.3, -0.25) is 5.32 Å². The molecule has 50 heavy (non-hydrogen) atoms. The Labute approximate surface area is 293 Å². The molecule has 238 valence electrons. The van der Waals surface area contributed by atoms with Crippen molar-refractivity contribution < 1.29 is 4.42 Å². The fourth-order valence-corrected chi connectivity index (χ4v) is 8.51. The van der Waals surface area contributed by atoms with Crippen LogP contribution in [0.1, 0.15) is 29.0 Å². The van der Waals surface area contributed by atoms with E-state index >= 15 is 0 Å². The Bertz CT molecular complexity index is 2690. The van der Waals surface area contributed by atoms with E-state index in [4.69, 9.17) is 9.41 Å². The number of hydrogen-bond donors (Lipinski definition) is 2. The number of amidine groups is 1. The second-order valence-corrected chi connectivity index (χ2v) is 13.9. The summed E-state index contributed by atoms with van der Waals surface area (Å²) in [4.78, 5) is 5.16. The van der Waals surface area contributed by atoms with Gasteiger partial charge in [-0.25, -0.2) is 4.99 Å². The Morgan fingerprint density at radius 3 is 1.98 bits per heavy atom. The maximum atomic E-state index is 6.52. The fraction of sp³-hybridized carbons (Fsp3) is 0.0444. The first-order valence-electron chi connectivity index (χ1n) is 16.9. The molecule has 4 nitrogen and oxygen atoms in total. The highest BCUT2D eigenvalue weighted by Gasteiger charge is 2.26. The van der Waals surface area contributed by atoms with Gasteiger partial charge in [0.15, 0.2) is 0 Å². The van der Waals surface area contributed by atoms with Crippen LogP contribution in [-0.4, -0.2) is 5.84 Å². The van der Waals surface area contributed by atoms with Crippen molar-refractivity contribution in [3.05, 3.63) is 180 Å². The van der Waals surface area contributed by atoms with Crippen molar-refractivity contribution in [3.8, 4) is 22.3 Å². The molecule has 1 aliphatic rings. The topological polar surface area (TPSA) is 49.6 Å². The average molecular weight is 662 g/mol. The third kappa shape index (κ3) is 4.90. The smallest absolute Gasteiger partial charge is 0.144 e. The minimum Gasteiger partial charge on any atom is -0.455 e. The predicted octanol–water partition coefficient (Wildman–Crippen LogP) is 11.6. The second-order valence-electron chi connectivity index (χ2n) is 12.8. The number of rotatable bonds is 5. The van der Waals surface area contributed by atoms with Gasteiger partial charge in [-0.15, -0.1) is 11.3 Å². The quantitative estimate of drug-likeness (QED) is 0.193. The molecule has 0 bridgehead atoms. The highest BCUT2D eigenvalue weighted by Crippen LogP contribution is 2.46. The first kappa shape index (κ1) is 29.0. The molecule has 2 aromatic heterocycles. The largest absolute Gasteiger partial charge is 0.455 e. The number of furan rings is 1. The summed E-state index contributed by atoms with van der Waals surface area (Å²) in [6.45, 7) is 0. The van der Waals surface area contributed by atoms with E-state index in [1.54, 1.807) is 0 Å². The van der Waals surface area contributed by atoms with Gasteiger partial charge in [0.1, 0.15) is 29.3 Å². The number of para-hydroxylation sites is 1. The van der Waals surface area contributed by atoms with Gasteiger partial charge >= 0.3 is 0 Å². The minimum absolute atomic E-state index is 0.139. The minimum atomic E-state index is -0.194. The van der Waals surface area contributed by atoms with Crippen LogP contribution in [0.5, 0.6) is 0 Å². The van der Waals surface area contributed by atoms with Crippen molar-refractivity contribution >= 4 is 59.3 Å². The molecule has 2 atom stereocenters. The summed E-state index contributed by atoms with van der Waals surface area (Å²) in [7, 11) is 0. The van der Waals surface area contributed by atoms with Crippen molar-refractivity contribution in [1.82, 2.24) is 10.6 Å². The third-order valence-electron chi connectivity index (χ3n) is 9.79. The van der Waals surface area contributed by atoms with Crippen LogP contribution in [0.15, 0.2) is 173 Å². The fourth-order valence-electron chi connectivity index (χ4n) is 7.27. The molecule has 0 spiro atoms. The number of nitrogens with zero attached hydrogens (tertiary/aromatic N) is 1. The number of thiophene rings is 1. The molecule has 0 amide bonds. The van der Waals surface area contributed by atoms with Gasteiger partial charge in [0, 0.05) is 42.1 Å². The Kier molecular flexibility index (Phi) is 6.86. The zero-order chi connectivity index (χ0) is 33.0. The zero-order valence-electron chi connectivity index (χ0n) is 27.0. The Hall–Kier alpha value is -6.01. The molecule has 0 saturated heterocycles. The van der Waals surface area contributed by atoms with E-state index in [0.29, 0.717) is 0 Å². The van der Waals surface area contributed by atoms with Gasteiger partial charge in [0.2, 0.25) is 0 Å². The molecule has 3 heterocycles. The van der Waals surface area contributed by atoms with Crippen molar-refractivity contribution in [2.75, 3.05) is 0 Å². The summed E-state index contributed by atoms with van der Waals surface area (Å²) in [6, 6.07) is 57.9. The summed E-state index contributed by atoms with van der Waals surface area (Å²) >= 11 is 1.84. The molecule has 10 rings (SSSR count). The van der Waals surface area contributed by atoms with Crippen LogP contribution in [0.4, 0.5) is 0 Å². The Morgan fingerprint density at radius 1 is 0.540 bits per heavy atom. The molecule has 0 aliphatic carbocycles. The lowest BCUT2D eigenvalue weighted by atomic mass is 9.97. The van der Waals surface area contributed by atoms with E-state index in [0.717, 1.165) is 44.5 Å². The highest BCUT2D eigenvalue weighted by atomic mass is 32.1. The zero-order valence-corrected chi connectivity index (χ0v) is 27.8. The summed E-state index contributed by atoms with van der Waals surface area (Å²) in [5.41, 5.74) is 10.00. The van der Waals surface area contributed by atoms with Crippen LogP contribution in [0.3, 0.4) is 0 Å². The molecule has 1 aliphatic heterocycles. The van der Waals surface area contributed by atoms with E-state index < -0.39 is 0 Å². The molecule has 7 aromatic carbocycles. The lowest BCUT2D eigenvalue weighted by Gasteiger charge is -2.32. The molecule has 5 heteroatoms. The molecule has 2 N–H and O–H groups in total. The number of nitrogens with one attached hydrogen (secondary N) is 2. The van der Waals surface area contributed by atoms with Gasteiger partial charge in [0.05, 0.1) is 0 Å². The Balaban J connectivity index is 1.04. The second kappa shape index (κ2) is 11.8. The van der Waals surface area contributed by atoms with Crippen molar-refractivity contribution in [3.63, 3.8) is 0 Å². The van der Waals surface area contributed by atoms with Crippen LogP contribution >= 0.6 is 11.3 Å². The van der Waals surface area contributed by atoms with Crippen LogP contribution in [0.2, 0.25) is 0 Å². The molecule has 0 fully saturated rings. The van der Waals surface area contributed by atoms with Crippen molar-refractivity contribution in [2.24, 2.45) is 4.99 Å². The number of hydrogen-bond acceptors (Lipinski definition) is 5. The molecular formula is C45H31N3OS. The number of benzene rings is 7. The predicted molar refractivity (Wildman–Crippen MR) is 209 cm³/mol. The lowest BCUT2D eigenvalue weighted by molar-refractivity contribution is 0.409. The van der Waals surface area contributed by atoms with E-state index in [1.165, 1.54) is 42.4 Å². The highest BCUT2D eigenvalue weighted by molar-refractivity contribution is 7.26. The van der Waals surface area contributed by atoms with E-state index in [2.05, 4.69) is 156 Å². The number of aliphatic imine (C=N–C) groups is 1. The van der Waals surface area contributed by atoms with Gasteiger partial charge < -0.3 is 9.73 Å². The van der Waals surface area contributed by atoms with Gasteiger partial charge in [-0.2, -0.15) is 0 Å². The van der Waals surface area contributed by atoms with Gasteiger partial charge in [-0.1, -0.05) is 146 Å². The molecular weight excluding hydrogens is 631 g/mol. The maximum Gasteiger partial charge on any atom is 0.144 e. The summed E-state index contributed by atoms with van der Waals surface area (Å²) in [5.74, 6) is 0.871. The van der Waals surface area contributed by atoms with Gasteiger partial charge in [0.25, 0.3) is 0 Å². The summed E-state index contributed by atoms with van der Waals surface area (Å²) in [6.07, 6.45) is -0.332. The average Bonchev–Trinajstić information content (AvgIpc) is 3.77. The van der Waals surface area contributed by atoms with Crippen LogP contribution in [0, 0.1) is 0 Å².